The molecule has 2 aromatic carbocycles. The third kappa shape index (κ3) is 7.06. The maximum absolute atomic E-state index is 13.8. The molecule has 33 heavy (non-hydrogen) atoms. The number of hydrogen-bond acceptors (Lipinski definition) is 4. The average molecular weight is 528 g/mol. The summed E-state index contributed by atoms with van der Waals surface area (Å²) in [4.78, 5) is 11.8. The van der Waals surface area contributed by atoms with Gasteiger partial charge in [0.15, 0.2) is 0 Å². The van der Waals surface area contributed by atoms with Crippen molar-refractivity contribution in [3.63, 3.8) is 0 Å². The van der Waals surface area contributed by atoms with Gasteiger partial charge in [0, 0.05) is 12.2 Å². The van der Waals surface area contributed by atoms with E-state index in [1.807, 2.05) is 0 Å². The molecule has 2 aromatic rings. The van der Waals surface area contributed by atoms with E-state index < -0.39 is 35.6 Å². The Morgan fingerprint density at radius 2 is 1.64 bits per heavy atom. The van der Waals surface area contributed by atoms with Crippen molar-refractivity contribution >= 4 is 46.6 Å². The predicted octanol–water partition coefficient (Wildman–Crippen LogP) is 6.84. The fourth-order valence-corrected chi connectivity index (χ4v) is 3.47. The first-order chi connectivity index (χ1) is 15.0. The van der Waals surface area contributed by atoms with E-state index in [2.05, 4.69) is 10.6 Å². The zero-order chi connectivity index (χ0) is 25.2. The molecule has 0 bridgehead atoms. The second-order valence-electron chi connectivity index (χ2n) is 8.46. The first-order valence-corrected chi connectivity index (χ1v) is 10.9. The number of ether oxygens (including phenoxy) is 1. The van der Waals surface area contributed by atoms with E-state index in [0.717, 1.165) is 17.7 Å². The molecule has 0 saturated heterocycles. The number of alkyl halides is 3. The average Bonchev–Trinajstić information content (AvgIpc) is 2.66. The number of hydrogen-bond donors (Lipinski definition) is 3. The largest absolute Gasteiger partial charge is 0.444 e. The topological polar surface area (TPSA) is 70.6 Å². The van der Waals surface area contributed by atoms with Crippen molar-refractivity contribution in [2.24, 2.45) is 0 Å². The quantitative estimate of drug-likeness (QED) is 0.360. The molecule has 0 aromatic heterocycles. The second kappa shape index (κ2) is 10.2. The minimum atomic E-state index is -5.03. The molecule has 0 saturated carbocycles. The Labute approximate surface area is 205 Å². The molecule has 0 unspecified atom stereocenters. The number of halogens is 6. The first kappa shape index (κ1) is 27.4. The predicted molar refractivity (Wildman–Crippen MR) is 124 cm³/mol. The van der Waals surface area contributed by atoms with Gasteiger partial charge in [-0.3, -0.25) is 0 Å². The lowest BCUT2D eigenvalue weighted by molar-refractivity contribution is -0.260. The van der Waals surface area contributed by atoms with Crippen molar-refractivity contribution in [3.05, 3.63) is 62.1 Å². The van der Waals surface area contributed by atoms with E-state index in [9.17, 15) is 23.1 Å². The molecule has 0 radical (unpaired) electrons. The monoisotopic (exact) mass is 526 g/mol. The Kier molecular flexibility index (Phi) is 8.44. The van der Waals surface area contributed by atoms with Crippen LogP contribution in [0.1, 0.15) is 37.5 Å². The Morgan fingerprint density at radius 1 is 1.06 bits per heavy atom. The number of benzene rings is 2. The van der Waals surface area contributed by atoms with E-state index in [4.69, 9.17) is 39.5 Å². The maximum atomic E-state index is 13.8. The zero-order valence-electron chi connectivity index (χ0n) is 18.3. The van der Waals surface area contributed by atoms with Gasteiger partial charge in [-0.2, -0.15) is 13.2 Å². The van der Waals surface area contributed by atoms with E-state index >= 15 is 0 Å². The van der Waals surface area contributed by atoms with E-state index in [1.54, 1.807) is 39.8 Å². The van der Waals surface area contributed by atoms with E-state index in [-0.39, 0.29) is 21.6 Å². The fourth-order valence-electron chi connectivity index (χ4n) is 2.88. The van der Waals surface area contributed by atoms with Gasteiger partial charge in [0.05, 0.1) is 21.6 Å². The van der Waals surface area contributed by atoms with Crippen LogP contribution in [0.15, 0.2) is 30.3 Å². The van der Waals surface area contributed by atoms with Crippen LogP contribution in [-0.2, 0) is 16.9 Å². The molecule has 0 fully saturated rings. The van der Waals surface area contributed by atoms with Crippen LogP contribution in [-0.4, -0.2) is 29.5 Å². The molecular formula is C22H24Cl3F3N2O3. The van der Waals surface area contributed by atoms with E-state index in [1.165, 1.54) is 6.07 Å². The minimum absolute atomic E-state index is 0.106. The van der Waals surface area contributed by atoms with Gasteiger partial charge in [0.25, 0.3) is 0 Å². The molecule has 1 amide bonds. The van der Waals surface area contributed by atoms with Gasteiger partial charge in [0.2, 0.25) is 5.60 Å². The molecule has 0 aliphatic carbocycles. The molecule has 0 spiro atoms. The van der Waals surface area contributed by atoms with Crippen LogP contribution >= 0.6 is 34.8 Å². The highest BCUT2D eigenvalue weighted by molar-refractivity contribution is 6.48. The van der Waals surface area contributed by atoms with Crippen LogP contribution in [0, 0.1) is 6.92 Å². The summed E-state index contributed by atoms with van der Waals surface area (Å²) in [6.45, 7) is 6.24. The standard InChI is InChI=1S/C22H24Cl3F3N2O3/c1-12-7-15(6-5-13(12)10-29-19(31)33-20(2,3)4)30-11-21(32,22(26,27)28)14-8-16(23)18(25)17(24)9-14/h5-9,30,32H,10-11H2,1-4H3,(H,29,31)/t21-/m1/s1. The molecule has 2 rings (SSSR count). The lowest BCUT2D eigenvalue weighted by Crippen LogP contribution is -2.47. The Balaban J connectivity index is 2.17. The number of alkyl carbamates (subject to hydrolysis) is 1. The molecule has 0 aliphatic rings. The summed E-state index contributed by atoms with van der Waals surface area (Å²) in [6.07, 6.45) is -5.62. The maximum Gasteiger partial charge on any atom is 0.423 e. The molecule has 5 nitrogen and oxygen atoms in total. The highest BCUT2D eigenvalue weighted by Crippen LogP contribution is 2.43. The van der Waals surface area contributed by atoms with Crippen LogP contribution in [0.4, 0.5) is 23.7 Å². The summed E-state index contributed by atoms with van der Waals surface area (Å²) in [7, 11) is 0. The Bertz CT molecular complexity index is 1000. The van der Waals surface area contributed by atoms with Gasteiger partial charge in [-0.15, -0.1) is 0 Å². The Hall–Kier alpha value is -1.87. The first-order valence-electron chi connectivity index (χ1n) is 9.78. The fraction of sp³-hybridized carbons (Fsp3) is 0.409. The van der Waals surface area contributed by atoms with Crippen molar-refractivity contribution in [3.8, 4) is 0 Å². The summed E-state index contributed by atoms with van der Waals surface area (Å²) in [6, 6.07) is 6.66. The van der Waals surface area contributed by atoms with Crippen LogP contribution in [0.25, 0.3) is 0 Å². The molecule has 3 N–H and O–H groups in total. The second-order valence-corrected chi connectivity index (χ2v) is 9.65. The number of aliphatic hydroxyl groups is 1. The van der Waals surface area contributed by atoms with Crippen LogP contribution in [0.2, 0.25) is 15.1 Å². The number of aryl methyl sites for hydroxylation is 1. The minimum Gasteiger partial charge on any atom is -0.444 e. The SMILES string of the molecule is Cc1cc(NC[C@@](O)(c2cc(Cl)c(Cl)c(Cl)c2)C(F)(F)F)ccc1CNC(=O)OC(C)(C)C. The highest BCUT2D eigenvalue weighted by atomic mass is 35.5. The highest BCUT2D eigenvalue weighted by Gasteiger charge is 2.55. The van der Waals surface area contributed by atoms with Gasteiger partial charge in [-0.05, 0) is 68.7 Å². The normalized spacial score (nSPS) is 13.9. The summed E-state index contributed by atoms with van der Waals surface area (Å²) >= 11 is 17.5. The van der Waals surface area contributed by atoms with Crippen molar-refractivity contribution in [2.75, 3.05) is 11.9 Å². The third-order valence-electron chi connectivity index (χ3n) is 4.64. The lowest BCUT2D eigenvalue weighted by atomic mass is 9.92. The zero-order valence-corrected chi connectivity index (χ0v) is 20.6. The number of rotatable bonds is 6. The van der Waals surface area contributed by atoms with Crippen molar-refractivity contribution in [1.29, 1.82) is 0 Å². The third-order valence-corrected chi connectivity index (χ3v) is 5.84. The van der Waals surface area contributed by atoms with Crippen LogP contribution < -0.4 is 10.6 Å². The number of nitrogens with one attached hydrogen (secondary N) is 2. The Morgan fingerprint density at radius 3 is 2.12 bits per heavy atom. The molecule has 1 atom stereocenters. The number of carbonyl (C=O) groups excluding carboxylic acids is 1. The van der Waals surface area contributed by atoms with Crippen LogP contribution in [0.5, 0.6) is 0 Å². The number of anilines is 1. The summed E-state index contributed by atoms with van der Waals surface area (Å²) in [5.74, 6) is 0. The molecule has 182 valence electrons. The van der Waals surface area contributed by atoms with Gasteiger partial charge in [0.1, 0.15) is 5.60 Å². The number of amides is 1. The lowest BCUT2D eigenvalue weighted by Gasteiger charge is -2.32. The van der Waals surface area contributed by atoms with Gasteiger partial charge >= 0.3 is 12.3 Å². The smallest absolute Gasteiger partial charge is 0.423 e. The van der Waals surface area contributed by atoms with Crippen molar-refractivity contribution < 1.29 is 27.8 Å². The summed E-state index contributed by atoms with van der Waals surface area (Å²) in [5.41, 5.74) is -2.67. The molecule has 0 heterocycles. The van der Waals surface area contributed by atoms with Gasteiger partial charge < -0.3 is 20.5 Å². The van der Waals surface area contributed by atoms with Gasteiger partial charge in [-0.25, -0.2) is 4.79 Å². The molecule has 11 heteroatoms. The summed E-state index contributed by atoms with van der Waals surface area (Å²) in [5, 5.41) is 15.3. The van der Waals surface area contributed by atoms with Gasteiger partial charge in [-0.1, -0.05) is 40.9 Å². The molecule has 0 aliphatic heterocycles. The summed E-state index contributed by atoms with van der Waals surface area (Å²) < 4.78 is 46.7. The van der Waals surface area contributed by atoms with Crippen molar-refractivity contribution in [1.82, 2.24) is 5.32 Å². The van der Waals surface area contributed by atoms with Crippen LogP contribution in [0.3, 0.4) is 0 Å². The number of carbonyl (C=O) groups is 1. The van der Waals surface area contributed by atoms with E-state index in [0.29, 0.717) is 11.3 Å². The van der Waals surface area contributed by atoms with Crippen molar-refractivity contribution in [2.45, 2.75) is 51.6 Å². The molecular weight excluding hydrogens is 504 g/mol.